The summed E-state index contributed by atoms with van der Waals surface area (Å²) in [4.78, 5) is 20.8. The second-order valence-electron chi connectivity index (χ2n) is 5.85. The molecule has 2 aromatic carbocycles. The van der Waals surface area contributed by atoms with Crippen LogP contribution in [0.4, 0.5) is 18.9 Å². The van der Waals surface area contributed by atoms with Crippen molar-refractivity contribution in [2.45, 2.75) is 6.18 Å². The van der Waals surface area contributed by atoms with Crippen molar-refractivity contribution in [1.82, 2.24) is 9.97 Å². The molecule has 5 nitrogen and oxygen atoms in total. The predicted octanol–water partition coefficient (Wildman–Crippen LogP) is 4.89. The number of hydrogen-bond donors (Lipinski definition) is 2. The van der Waals surface area contributed by atoms with E-state index in [1.165, 1.54) is 12.3 Å². The number of hydrogen-bond acceptors (Lipinski definition) is 3. The Kier molecular flexibility index (Phi) is 3.95. The lowest BCUT2D eigenvalue weighted by molar-refractivity contribution is -0.137. The molecule has 2 heterocycles. The largest absolute Gasteiger partial charge is 0.455 e. The van der Waals surface area contributed by atoms with Crippen LogP contribution in [0.3, 0.4) is 0 Å². The number of aromatic amines is 2. The smallest absolute Gasteiger partial charge is 0.416 e. The quantitative estimate of drug-likeness (QED) is 0.504. The molecule has 2 N–H and O–H groups in total. The Balaban J connectivity index is 1.58. The van der Waals surface area contributed by atoms with Crippen molar-refractivity contribution in [3.05, 3.63) is 76.4 Å². The minimum absolute atomic E-state index is 0.303. The van der Waals surface area contributed by atoms with Crippen molar-refractivity contribution in [1.29, 1.82) is 0 Å². The molecule has 0 atom stereocenters. The summed E-state index contributed by atoms with van der Waals surface area (Å²) in [5.74, 6) is 0.707. The van der Waals surface area contributed by atoms with Gasteiger partial charge in [-0.1, -0.05) is 12.1 Å². The summed E-state index contributed by atoms with van der Waals surface area (Å²) in [5.41, 5.74) is 1.18. The monoisotopic (exact) mass is 371 g/mol. The van der Waals surface area contributed by atoms with Crippen LogP contribution in [0.2, 0.25) is 0 Å². The van der Waals surface area contributed by atoms with Crippen molar-refractivity contribution in [2.75, 3.05) is 0 Å². The summed E-state index contributed by atoms with van der Waals surface area (Å²) in [5, 5.41) is 0. The molecule has 0 aliphatic rings. The van der Waals surface area contributed by atoms with E-state index in [-0.39, 0.29) is 5.69 Å². The molecule has 136 valence electrons. The molecule has 8 heteroatoms. The van der Waals surface area contributed by atoms with Gasteiger partial charge in [-0.15, -0.1) is 0 Å². The molecule has 0 fully saturated rings. The fourth-order valence-electron chi connectivity index (χ4n) is 2.67. The molecule has 0 radical (unpaired) electrons. The van der Waals surface area contributed by atoms with Crippen LogP contribution in [0.5, 0.6) is 0 Å². The first-order valence-corrected chi connectivity index (χ1v) is 7.92. The molecule has 0 aliphatic carbocycles. The van der Waals surface area contributed by atoms with Gasteiger partial charge in [0.2, 0.25) is 0 Å². The lowest BCUT2D eigenvalue weighted by atomic mass is 10.1. The van der Waals surface area contributed by atoms with Crippen LogP contribution in [0.25, 0.3) is 22.4 Å². The van der Waals surface area contributed by atoms with Crippen LogP contribution in [-0.2, 0) is 6.18 Å². The number of alkyl halides is 3. The van der Waals surface area contributed by atoms with Crippen LogP contribution in [0, 0.1) is 0 Å². The normalized spacial score (nSPS) is 12.3. The number of aromatic nitrogens is 2. The highest BCUT2D eigenvalue weighted by Gasteiger charge is 2.30. The van der Waals surface area contributed by atoms with Gasteiger partial charge in [-0.3, -0.25) is 4.99 Å². The highest BCUT2D eigenvalue weighted by molar-refractivity contribution is 5.83. The molecular weight excluding hydrogens is 359 g/mol. The number of rotatable bonds is 3. The van der Waals surface area contributed by atoms with Gasteiger partial charge >= 0.3 is 11.9 Å². The van der Waals surface area contributed by atoms with Gasteiger partial charge in [0, 0.05) is 5.56 Å². The highest BCUT2D eigenvalue weighted by Crippen LogP contribution is 2.32. The van der Waals surface area contributed by atoms with Gasteiger partial charge in [0.05, 0.1) is 28.5 Å². The molecule has 0 aliphatic heterocycles. The number of furan rings is 1. The Morgan fingerprint density at radius 2 is 1.78 bits per heavy atom. The summed E-state index contributed by atoms with van der Waals surface area (Å²) in [7, 11) is 0. The van der Waals surface area contributed by atoms with Crippen LogP contribution in [-0.4, -0.2) is 16.2 Å². The Morgan fingerprint density at radius 1 is 0.963 bits per heavy atom. The number of nitrogens with one attached hydrogen (secondary N) is 2. The third-order valence-electron chi connectivity index (χ3n) is 3.94. The summed E-state index contributed by atoms with van der Waals surface area (Å²) in [6.45, 7) is 0. The van der Waals surface area contributed by atoms with Crippen LogP contribution < -0.4 is 5.69 Å². The third-order valence-corrected chi connectivity index (χ3v) is 3.94. The number of H-pyrrole nitrogens is 2. The van der Waals surface area contributed by atoms with Crippen molar-refractivity contribution in [2.24, 2.45) is 4.99 Å². The summed E-state index contributed by atoms with van der Waals surface area (Å²) < 4.78 is 44.1. The minimum atomic E-state index is -4.41. The van der Waals surface area contributed by atoms with E-state index >= 15 is 0 Å². The molecule has 0 saturated carbocycles. The van der Waals surface area contributed by atoms with Crippen LogP contribution in [0.1, 0.15) is 11.3 Å². The minimum Gasteiger partial charge on any atom is -0.455 e. The zero-order valence-corrected chi connectivity index (χ0v) is 13.7. The first-order chi connectivity index (χ1) is 12.9. The highest BCUT2D eigenvalue weighted by atomic mass is 19.4. The Labute approximate surface area is 150 Å². The number of imidazole rings is 1. The van der Waals surface area contributed by atoms with Gasteiger partial charge in [0.1, 0.15) is 11.5 Å². The van der Waals surface area contributed by atoms with Gasteiger partial charge in [-0.2, -0.15) is 13.2 Å². The first kappa shape index (κ1) is 16.9. The molecule has 0 spiro atoms. The summed E-state index contributed by atoms with van der Waals surface area (Å²) in [6.07, 6.45) is -2.95. The molecule has 2 aromatic heterocycles. The number of fused-ring (bicyclic) bond motifs is 1. The molecule has 0 saturated heterocycles. The van der Waals surface area contributed by atoms with E-state index in [1.807, 2.05) is 0 Å². The van der Waals surface area contributed by atoms with E-state index in [9.17, 15) is 18.0 Å². The van der Waals surface area contributed by atoms with Crippen molar-refractivity contribution < 1.29 is 17.6 Å². The predicted molar refractivity (Wildman–Crippen MR) is 95.3 cm³/mol. The second kappa shape index (κ2) is 6.31. The molecular formula is C19H12F3N3O2. The second-order valence-corrected chi connectivity index (χ2v) is 5.85. The fourth-order valence-corrected chi connectivity index (χ4v) is 2.67. The Morgan fingerprint density at radius 3 is 2.59 bits per heavy atom. The summed E-state index contributed by atoms with van der Waals surface area (Å²) in [6, 6.07) is 13.3. The first-order valence-electron chi connectivity index (χ1n) is 7.92. The molecule has 27 heavy (non-hydrogen) atoms. The van der Waals surface area contributed by atoms with Gasteiger partial charge < -0.3 is 14.4 Å². The molecule has 0 amide bonds. The Bertz CT molecular complexity index is 1200. The van der Waals surface area contributed by atoms with Gasteiger partial charge in [-0.05, 0) is 42.5 Å². The average Bonchev–Trinajstić information content (AvgIpc) is 3.24. The molecule has 0 unspecified atom stereocenters. The number of halogens is 3. The topological polar surface area (TPSA) is 74.2 Å². The van der Waals surface area contributed by atoms with E-state index < -0.39 is 11.7 Å². The number of nitrogens with zero attached hydrogens (tertiary/aromatic N) is 1. The van der Waals surface area contributed by atoms with E-state index in [0.29, 0.717) is 33.8 Å². The SMILES string of the molecule is O=c1[nH]c2ccc(N=Cc3ccc(-c4cccc(C(F)(F)F)c4)o3)cc2[nH]1. The van der Waals surface area contributed by atoms with E-state index in [4.69, 9.17) is 4.42 Å². The van der Waals surface area contributed by atoms with Crippen LogP contribution >= 0.6 is 0 Å². The standard InChI is InChI=1S/C19H12F3N3O2/c20-19(21,22)12-3-1-2-11(8-12)17-7-5-14(27-17)10-23-13-4-6-15-16(9-13)25-18(26)24-15/h1-10H,(H2,24,25,26). The van der Waals surface area contributed by atoms with E-state index in [2.05, 4.69) is 15.0 Å². The van der Waals surface area contributed by atoms with Crippen LogP contribution in [0.15, 0.2) is 68.8 Å². The average molecular weight is 371 g/mol. The number of aliphatic imine (C=N–C) groups is 1. The van der Waals surface area contributed by atoms with Gasteiger partial charge in [0.15, 0.2) is 0 Å². The van der Waals surface area contributed by atoms with Gasteiger partial charge in [-0.25, -0.2) is 4.79 Å². The summed E-state index contributed by atoms with van der Waals surface area (Å²) >= 11 is 0. The number of benzene rings is 2. The van der Waals surface area contributed by atoms with Crippen molar-refractivity contribution >= 4 is 22.9 Å². The fraction of sp³-hybridized carbons (Fsp3) is 0.0526. The zero-order valence-electron chi connectivity index (χ0n) is 13.7. The lowest BCUT2D eigenvalue weighted by Gasteiger charge is -2.07. The van der Waals surface area contributed by atoms with Crippen molar-refractivity contribution in [3.8, 4) is 11.3 Å². The Hall–Kier alpha value is -3.55. The maximum atomic E-state index is 12.8. The van der Waals surface area contributed by atoms with E-state index in [0.717, 1.165) is 12.1 Å². The molecule has 0 bridgehead atoms. The molecule has 4 aromatic rings. The van der Waals surface area contributed by atoms with Gasteiger partial charge in [0.25, 0.3) is 0 Å². The lowest BCUT2D eigenvalue weighted by Crippen LogP contribution is -2.04. The maximum Gasteiger partial charge on any atom is 0.416 e. The molecule has 4 rings (SSSR count). The maximum absolute atomic E-state index is 12.8. The third kappa shape index (κ3) is 3.55. The zero-order chi connectivity index (χ0) is 19.0. The van der Waals surface area contributed by atoms with Crippen molar-refractivity contribution in [3.63, 3.8) is 0 Å². The van der Waals surface area contributed by atoms with E-state index in [1.54, 1.807) is 36.4 Å².